The van der Waals surface area contributed by atoms with Crippen molar-refractivity contribution in [1.82, 2.24) is 14.9 Å². The van der Waals surface area contributed by atoms with Gasteiger partial charge in [-0.2, -0.15) is 0 Å². The number of H-pyrrole nitrogens is 1. The minimum absolute atomic E-state index is 0.140. The summed E-state index contributed by atoms with van der Waals surface area (Å²) in [5.41, 5.74) is 0.569. The van der Waals surface area contributed by atoms with Gasteiger partial charge < -0.3 is 9.88 Å². The minimum Gasteiger partial charge on any atom is -0.354 e. The summed E-state index contributed by atoms with van der Waals surface area (Å²) in [5, 5.41) is 0.805. The number of nitrogens with zero attached hydrogens (tertiary/aromatic N) is 3. The molecule has 156 valence electrons. The van der Waals surface area contributed by atoms with Gasteiger partial charge in [0.2, 0.25) is 0 Å². The normalized spacial score (nSPS) is 22.7. The Hall–Kier alpha value is -2.80. The molecule has 30 heavy (non-hydrogen) atoms. The van der Waals surface area contributed by atoms with Crippen LogP contribution in [0.1, 0.15) is 30.9 Å². The second-order valence-corrected chi connectivity index (χ2v) is 8.28. The van der Waals surface area contributed by atoms with E-state index in [2.05, 4.69) is 19.8 Å². The average molecular weight is 410 g/mol. The van der Waals surface area contributed by atoms with Crippen LogP contribution in [0.3, 0.4) is 0 Å². The molecule has 2 aromatic heterocycles. The van der Waals surface area contributed by atoms with Gasteiger partial charge in [0.15, 0.2) is 0 Å². The van der Waals surface area contributed by atoms with E-state index in [1.54, 1.807) is 18.2 Å². The Balaban J connectivity index is 1.25. The molecule has 0 radical (unpaired) electrons. The molecule has 3 aromatic rings. The van der Waals surface area contributed by atoms with E-state index in [0.717, 1.165) is 57.0 Å². The highest BCUT2D eigenvalue weighted by molar-refractivity contribution is 5.82. The number of hydrogen-bond acceptors (Lipinski definition) is 4. The molecule has 0 amide bonds. The van der Waals surface area contributed by atoms with Crippen molar-refractivity contribution in [2.45, 2.75) is 31.2 Å². The van der Waals surface area contributed by atoms with E-state index in [0.29, 0.717) is 11.4 Å². The lowest BCUT2D eigenvalue weighted by Gasteiger charge is -2.38. The van der Waals surface area contributed by atoms with E-state index < -0.39 is 5.82 Å². The molecule has 7 heteroatoms. The Kier molecular flexibility index (Phi) is 4.98. The first-order chi connectivity index (χ1) is 14.6. The second kappa shape index (κ2) is 7.80. The van der Waals surface area contributed by atoms with Crippen molar-refractivity contribution in [1.29, 1.82) is 0 Å². The molecular weight excluding hydrogens is 386 g/mol. The molecule has 3 heterocycles. The van der Waals surface area contributed by atoms with E-state index in [1.165, 1.54) is 18.3 Å². The lowest BCUT2D eigenvalue weighted by Crippen LogP contribution is -2.50. The van der Waals surface area contributed by atoms with Gasteiger partial charge in [-0.3, -0.25) is 9.69 Å². The first-order valence-electron chi connectivity index (χ1n) is 10.5. The average Bonchev–Trinajstić information content (AvgIpc) is 3.25. The number of aromatic amines is 1. The molecule has 2 atom stereocenters. The molecular formula is C23H24F2N4O. The van der Waals surface area contributed by atoms with Crippen LogP contribution in [0.4, 0.5) is 14.6 Å². The molecule has 1 aromatic carbocycles. The Morgan fingerprint density at radius 3 is 2.63 bits per heavy atom. The van der Waals surface area contributed by atoms with Crippen LogP contribution in [0, 0.1) is 11.6 Å². The molecule has 1 saturated heterocycles. The molecule has 1 saturated carbocycles. The zero-order valence-electron chi connectivity index (χ0n) is 16.7. The number of piperazine rings is 1. The fourth-order valence-electron chi connectivity index (χ4n) is 4.96. The maximum Gasteiger partial charge on any atom is 0.259 e. The van der Waals surface area contributed by atoms with Crippen LogP contribution in [0.25, 0.3) is 10.8 Å². The van der Waals surface area contributed by atoms with Crippen molar-refractivity contribution < 1.29 is 8.78 Å². The highest BCUT2D eigenvalue weighted by Gasteiger charge is 2.32. The van der Waals surface area contributed by atoms with Crippen molar-refractivity contribution >= 4 is 16.6 Å². The fraction of sp³-hybridized carbons (Fsp3) is 0.391. The first kappa shape index (κ1) is 19.2. The molecule has 5 rings (SSSR count). The Labute approximate surface area is 173 Å². The number of aromatic nitrogens is 2. The SMILES string of the molecule is O=c1[nH]c(C2CCC(N3CCN(c4ccc(F)cn4)CC3)C2)cc2cccc(F)c12. The van der Waals surface area contributed by atoms with Crippen molar-refractivity contribution in [3.63, 3.8) is 0 Å². The van der Waals surface area contributed by atoms with Crippen LogP contribution in [0.15, 0.2) is 47.4 Å². The number of pyridine rings is 2. The predicted molar refractivity (Wildman–Crippen MR) is 113 cm³/mol. The topological polar surface area (TPSA) is 52.2 Å². The number of fused-ring (bicyclic) bond motifs is 1. The summed E-state index contributed by atoms with van der Waals surface area (Å²) in [6, 6.07) is 10.4. The van der Waals surface area contributed by atoms with Crippen molar-refractivity contribution in [3.8, 4) is 0 Å². The van der Waals surface area contributed by atoms with Gasteiger partial charge in [0, 0.05) is 43.8 Å². The van der Waals surface area contributed by atoms with Crippen molar-refractivity contribution in [2.24, 2.45) is 0 Å². The molecule has 2 unspecified atom stereocenters. The zero-order chi connectivity index (χ0) is 20.7. The third-order valence-electron chi connectivity index (χ3n) is 6.55. The van der Waals surface area contributed by atoms with Crippen LogP contribution in [-0.2, 0) is 0 Å². The highest BCUT2D eigenvalue weighted by Crippen LogP contribution is 2.37. The lowest BCUT2D eigenvalue weighted by atomic mass is 10.00. The smallest absolute Gasteiger partial charge is 0.259 e. The van der Waals surface area contributed by atoms with Gasteiger partial charge in [-0.1, -0.05) is 12.1 Å². The number of rotatable bonds is 3. The summed E-state index contributed by atoms with van der Waals surface area (Å²) >= 11 is 0. The molecule has 2 fully saturated rings. The van der Waals surface area contributed by atoms with E-state index in [9.17, 15) is 13.6 Å². The van der Waals surface area contributed by atoms with Gasteiger partial charge >= 0.3 is 0 Å². The lowest BCUT2D eigenvalue weighted by molar-refractivity contribution is 0.186. The molecule has 1 aliphatic carbocycles. The van der Waals surface area contributed by atoms with Gasteiger partial charge in [0.1, 0.15) is 17.5 Å². The number of nitrogens with one attached hydrogen (secondary N) is 1. The number of halogens is 2. The maximum atomic E-state index is 14.0. The van der Waals surface area contributed by atoms with Crippen molar-refractivity contribution in [2.75, 3.05) is 31.1 Å². The Morgan fingerprint density at radius 1 is 1.03 bits per heavy atom. The van der Waals surface area contributed by atoms with Gasteiger partial charge in [-0.05, 0) is 48.9 Å². The summed E-state index contributed by atoms with van der Waals surface area (Å²) in [4.78, 5) is 24.2. The van der Waals surface area contributed by atoms with Crippen molar-refractivity contribution in [3.05, 3.63) is 70.3 Å². The Morgan fingerprint density at radius 2 is 1.87 bits per heavy atom. The summed E-state index contributed by atoms with van der Waals surface area (Å²) in [5.74, 6) is 0.315. The minimum atomic E-state index is -0.474. The quantitative estimate of drug-likeness (QED) is 0.716. The molecule has 2 aliphatic rings. The zero-order valence-corrected chi connectivity index (χ0v) is 16.7. The summed E-state index contributed by atoms with van der Waals surface area (Å²) < 4.78 is 27.1. The third-order valence-corrected chi connectivity index (χ3v) is 6.55. The fourth-order valence-corrected chi connectivity index (χ4v) is 4.96. The molecule has 1 N–H and O–H groups in total. The number of hydrogen-bond donors (Lipinski definition) is 1. The van der Waals surface area contributed by atoms with Crippen LogP contribution in [0.2, 0.25) is 0 Å². The van der Waals surface area contributed by atoms with E-state index >= 15 is 0 Å². The van der Waals surface area contributed by atoms with Gasteiger partial charge in [0.25, 0.3) is 5.56 Å². The molecule has 5 nitrogen and oxygen atoms in total. The van der Waals surface area contributed by atoms with Crippen LogP contribution in [0.5, 0.6) is 0 Å². The van der Waals surface area contributed by atoms with E-state index in [1.807, 2.05) is 6.07 Å². The molecule has 1 aliphatic heterocycles. The molecule has 0 spiro atoms. The summed E-state index contributed by atoms with van der Waals surface area (Å²) in [6.07, 6.45) is 4.36. The van der Waals surface area contributed by atoms with Gasteiger partial charge in [-0.15, -0.1) is 0 Å². The van der Waals surface area contributed by atoms with Crippen LogP contribution in [-0.4, -0.2) is 47.1 Å². The Bertz CT molecular complexity index is 1110. The van der Waals surface area contributed by atoms with E-state index in [4.69, 9.17) is 0 Å². The standard InChI is InChI=1S/C23H24F2N4O/c24-17-5-7-21(26-14-17)29-10-8-28(9-11-29)18-6-4-15(12-18)20-13-16-2-1-3-19(25)22(16)23(30)27-20/h1-3,5,7,13-15,18H,4,6,8-12H2,(H,27,30). The largest absolute Gasteiger partial charge is 0.354 e. The van der Waals surface area contributed by atoms with Gasteiger partial charge in [0.05, 0.1) is 11.6 Å². The van der Waals surface area contributed by atoms with E-state index in [-0.39, 0.29) is 22.7 Å². The molecule has 0 bridgehead atoms. The van der Waals surface area contributed by atoms with Gasteiger partial charge in [-0.25, -0.2) is 13.8 Å². The predicted octanol–water partition coefficient (Wildman–Crippen LogP) is 3.66. The monoisotopic (exact) mass is 410 g/mol. The number of benzene rings is 1. The third kappa shape index (κ3) is 3.58. The first-order valence-corrected chi connectivity index (χ1v) is 10.5. The highest BCUT2D eigenvalue weighted by atomic mass is 19.1. The number of anilines is 1. The summed E-state index contributed by atoms with van der Waals surface area (Å²) in [7, 11) is 0. The summed E-state index contributed by atoms with van der Waals surface area (Å²) in [6.45, 7) is 3.61. The second-order valence-electron chi connectivity index (χ2n) is 8.28. The maximum absolute atomic E-state index is 14.0. The van der Waals surface area contributed by atoms with Crippen LogP contribution >= 0.6 is 0 Å². The van der Waals surface area contributed by atoms with Crippen LogP contribution < -0.4 is 10.5 Å².